The van der Waals surface area contributed by atoms with Gasteiger partial charge in [-0.15, -0.1) is 0 Å². The van der Waals surface area contributed by atoms with Gasteiger partial charge in [-0.2, -0.15) is 0 Å². The van der Waals surface area contributed by atoms with Crippen molar-refractivity contribution in [3.05, 3.63) is 83.9 Å². The number of carbonyl (C=O) groups excluding carboxylic acids is 1. The van der Waals surface area contributed by atoms with Crippen molar-refractivity contribution < 1.29 is 14.3 Å². The van der Waals surface area contributed by atoms with Crippen LogP contribution < -0.4 is 14.4 Å². The van der Waals surface area contributed by atoms with Crippen molar-refractivity contribution in [2.24, 2.45) is 0 Å². The Bertz CT molecular complexity index is 1020. The lowest BCUT2D eigenvalue weighted by Gasteiger charge is -2.17. The van der Waals surface area contributed by atoms with E-state index in [0.717, 1.165) is 22.5 Å². The van der Waals surface area contributed by atoms with E-state index in [1.807, 2.05) is 78.9 Å². The summed E-state index contributed by atoms with van der Waals surface area (Å²) in [4.78, 5) is 15.1. The summed E-state index contributed by atoms with van der Waals surface area (Å²) in [6, 6.07) is 23.1. The molecular formula is C23H19NO3. The van der Waals surface area contributed by atoms with Crippen molar-refractivity contribution in [2.45, 2.75) is 0 Å². The minimum Gasteiger partial charge on any atom is -0.493 e. The smallest absolute Gasteiger partial charge is 0.263 e. The Kier molecular flexibility index (Phi) is 4.38. The summed E-state index contributed by atoms with van der Waals surface area (Å²) in [6.07, 6.45) is 1.87. The van der Waals surface area contributed by atoms with Crippen LogP contribution in [0.3, 0.4) is 0 Å². The van der Waals surface area contributed by atoms with Crippen LogP contribution >= 0.6 is 0 Å². The van der Waals surface area contributed by atoms with Gasteiger partial charge in [0.25, 0.3) is 5.91 Å². The molecule has 0 saturated carbocycles. The number of para-hydroxylation sites is 3. The molecule has 4 rings (SSSR count). The average molecular weight is 357 g/mol. The summed E-state index contributed by atoms with van der Waals surface area (Å²) in [5, 5.41) is 0. The number of carbonyl (C=O) groups is 1. The van der Waals surface area contributed by atoms with Crippen LogP contribution in [0.15, 0.2) is 72.8 Å². The molecule has 0 spiro atoms. The molecule has 0 radical (unpaired) electrons. The predicted octanol–water partition coefficient (Wildman–Crippen LogP) is 4.92. The fourth-order valence-corrected chi connectivity index (χ4v) is 3.40. The standard InChI is InChI=1S/C23H19NO3/c1-26-21-14-8-9-16(22(21)27-2)15-19-18-12-6-7-13-20(18)24(23(19)25)17-10-4-3-5-11-17/h3-15H,1-2H3/b19-15+. The van der Waals surface area contributed by atoms with Gasteiger partial charge in [-0.1, -0.05) is 48.5 Å². The SMILES string of the molecule is COc1cccc(/C=C2/C(=O)N(c3ccccc3)c3ccccc32)c1OC. The molecule has 1 aliphatic heterocycles. The molecule has 4 nitrogen and oxygen atoms in total. The molecule has 0 saturated heterocycles. The van der Waals surface area contributed by atoms with Gasteiger partial charge >= 0.3 is 0 Å². The molecule has 0 atom stereocenters. The number of hydrogen-bond acceptors (Lipinski definition) is 3. The van der Waals surface area contributed by atoms with Gasteiger partial charge in [0.2, 0.25) is 0 Å². The van der Waals surface area contributed by atoms with Gasteiger partial charge in [0.05, 0.1) is 25.5 Å². The second kappa shape index (κ2) is 7.00. The van der Waals surface area contributed by atoms with Crippen molar-refractivity contribution in [3.63, 3.8) is 0 Å². The molecule has 3 aromatic rings. The molecule has 0 unspecified atom stereocenters. The minimum atomic E-state index is -0.0627. The maximum absolute atomic E-state index is 13.3. The second-order valence-electron chi connectivity index (χ2n) is 6.13. The van der Waals surface area contributed by atoms with E-state index in [2.05, 4.69) is 0 Å². The van der Waals surface area contributed by atoms with Crippen molar-refractivity contribution in [3.8, 4) is 11.5 Å². The number of methoxy groups -OCH3 is 2. The van der Waals surface area contributed by atoms with Crippen LogP contribution in [0.4, 0.5) is 11.4 Å². The molecule has 1 heterocycles. The normalized spacial score (nSPS) is 14.4. The van der Waals surface area contributed by atoms with Gasteiger partial charge in [-0.05, 0) is 30.3 Å². The van der Waals surface area contributed by atoms with E-state index >= 15 is 0 Å². The summed E-state index contributed by atoms with van der Waals surface area (Å²) in [5.74, 6) is 1.17. The van der Waals surface area contributed by atoms with Crippen LogP contribution in [0.1, 0.15) is 11.1 Å². The van der Waals surface area contributed by atoms with Gasteiger partial charge in [-0.25, -0.2) is 0 Å². The third-order valence-electron chi connectivity index (χ3n) is 4.62. The van der Waals surface area contributed by atoms with E-state index in [9.17, 15) is 4.79 Å². The number of rotatable bonds is 4. The first-order chi connectivity index (χ1) is 13.2. The quantitative estimate of drug-likeness (QED) is 0.622. The summed E-state index contributed by atoms with van der Waals surface area (Å²) in [7, 11) is 3.20. The lowest BCUT2D eigenvalue weighted by Crippen LogP contribution is -2.20. The highest BCUT2D eigenvalue weighted by Gasteiger charge is 2.33. The molecule has 134 valence electrons. The molecule has 0 aromatic heterocycles. The van der Waals surface area contributed by atoms with Gasteiger partial charge in [0.15, 0.2) is 11.5 Å². The molecule has 27 heavy (non-hydrogen) atoms. The topological polar surface area (TPSA) is 38.8 Å². The largest absolute Gasteiger partial charge is 0.493 e. The van der Waals surface area contributed by atoms with Gasteiger partial charge in [-0.3, -0.25) is 9.69 Å². The van der Waals surface area contributed by atoms with Crippen LogP contribution in [0.5, 0.6) is 11.5 Å². The van der Waals surface area contributed by atoms with E-state index < -0.39 is 0 Å². The zero-order valence-corrected chi connectivity index (χ0v) is 15.2. The molecule has 0 bridgehead atoms. The number of fused-ring (bicyclic) bond motifs is 1. The number of benzene rings is 3. The summed E-state index contributed by atoms with van der Waals surface area (Å²) in [6.45, 7) is 0. The first-order valence-corrected chi connectivity index (χ1v) is 8.66. The fraction of sp³-hybridized carbons (Fsp3) is 0.0870. The zero-order chi connectivity index (χ0) is 18.8. The third kappa shape index (κ3) is 2.85. The molecule has 4 heteroatoms. The first kappa shape index (κ1) is 16.9. The Hall–Kier alpha value is -3.53. The van der Waals surface area contributed by atoms with Crippen molar-refractivity contribution in [1.82, 2.24) is 0 Å². The van der Waals surface area contributed by atoms with E-state index in [1.54, 1.807) is 19.1 Å². The molecular weight excluding hydrogens is 338 g/mol. The Morgan fingerprint density at radius 3 is 2.30 bits per heavy atom. The summed E-state index contributed by atoms with van der Waals surface area (Å²) in [5.41, 5.74) is 4.04. The van der Waals surface area contributed by atoms with Crippen LogP contribution in [0.2, 0.25) is 0 Å². The van der Waals surface area contributed by atoms with E-state index in [-0.39, 0.29) is 5.91 Å². The van der Waals surface area contributed by atoms with Crippen LogP contribution in [-0.2, 0) is 4.79 Å². The van der Waals surface area contributed by atoms with Crippen LogP contribution in [0.25, 0.3) is 11.6 Å². The van der Waals surface area contributed by atoms with Gasteiger partial charge in [0, 0.05) is 16.8 Å². The minimum absolute atomic E-state index is 0.0627. The molecule has 3 aromatic carbocycles. The predicted molar refractivity (Wildman–Crippen MR) is 107 cm³/mol. The molecule has 0 fully saturated rings. The number of ether oxygens (including phenoxy) is 2. The highest BCUT2D eigenvalue weighted by Crippen LogP contribution is 2.43. The molecule has 1 amide bonds. The first-order valence-electron chi connectivity index (χ1n) is 8.66. The van der Waals surface area contributed by atoms with Gasteiger partial charge in [0.1, 0.15) is 0 Å². The van der Waals surface area contributed by atoms with Crippen molar-refractivity contribution in [1.29, 1.82) is 0 Å². The van der Waals surface area contributed by atoms with Crippen molar-refractivity contribution in [2.75, 3.05) is 19.1 Å². The Morgan fingerprint density at radius 2 is 1.56 bits per heavy atom. The zero-order valence-electron chi connectivity index (χ0n) is 15.2. The Labute approximate surface area is 158 Å². The number of hydrogen-bond donors (Lipinski definition) is 0. The summed E-state index contributed by atoms with van der Waals surface area (Å²) >= 11 is 0. The molecule has 0 aliphatic carbocycles. The molecule has 0 N–H and O–H groups in total. The molecule has 1 aliphatic rings. The van der Waals surface area contributed by atoms with Crippen molar-refractivity contribution >= 4 is 28.9 Å². The Balaban J connectivity index is 1.88. The maximum Gasteiger partial charge on any atom is 0.263 e. The van der Waals surface area contributed by atoms with E-state index in [1.165, 1.54) is 0 Å². The van der Waals surface area contributed by atoms with Gasteiger partial charge < -0.3 is 9.47 Å². The van der Waals surface area contributed by atoms with E-state index in [4.69, 9.17) is 9.47 Å². The van der Waals surface area contributed by atoms with Crippen LogP contribution in [0, 0.1) is 0 Å². The van der Waals surface area contributed by atoms with Crippen LogP contribution in [-0.4, -0.2) is 20.1 Å². The number of anilines is 2. The second-order valence-corrected chi connectivity index (χ2v) is 6.13. The summed E-state index contributed by atoms with van der Waals surface area (Å²) < 4.78 is 10.9. The Morgan fingerprint density at radius 1 is 0.815 bits per heavy atom. The third-order valence-corrected chi connectivity index (χ3v) is 4.62. The highest BCUT2D eigenvalue weighted by atomic mass is 16.5. The number of amides is 1. The highest BCUT2D eigenvalue weighted by molar-refractivity contribution is 6.38. The fourth-order valence-electron chi connectivity index (χ4n) is 3.40. The lowest BCUT2D eigenvalue weighted by molar-refractivity contribution is -0.112. The monoisotopic (exact) mass is 357 g/mol. The maximum atomic E-state index is 13.3. The average Bonchev–Trinajstić information content (AvgIpc) is 3.00. The van der Waals surface area contributed by atoms with E-state index in [0.29, 0.717) is 17.1 Å². The number of nitrogens with zero attached hydrogens (tertiary/aromatic N) is 1. The lowest BCUT2D eigenvalue weighted by atomic mass is 10.0.